The summed E-state index contributed by atoms with van der Waals surface area (Å²) in [5.74, 6) is 0. The van der Waals surface area contributed by atoms with E-state index in [1.54, 1.807) is 13.8 Å². The van der Waals surface area contributed by atoms with E-state index in [2.05, 4.69) is 0 Å². The topological polar surface area (TPSA) is 80.3 Å². The van der Waals surface area contributed by atoms with Gasteiger partial charge in [0.05, 0.1) is 30.5 Å². The Kier molecular flexibility index (Phi) is 12.5. The van der Waals surface area contributed by atoms with Crippen LogP contribution in [0.3, 0.4) is 0 Å². The quantitative estimate of drug-likeness (QED) is 0.306. The van der Waals surface area contributed by atoms with Crippen LogP contribution in [0.1, 0.15) is 96.9 Å². The number of ether oxygens (including phenoxy) is 2. The molecule has 0 bridgehead atoms. The van der Waals surface area contributed by atoms with Gasteiger partial charge in [-0.1, -0.05) is 41.5 Å². The van der Waals surface area contributed by atoms with Gasteiger partial charge in [0.25, 0.3) is 0 Å². The van der Waals surface area contributed by atoms with Gasteiger partial charge in [-0.2, -0.15) is 0 Å². The van der Waals surface area contributed by atoms with Crippen LogP contribution in [-0.4, -0.2) is 36.7 Å². The molecule has 0 unspecified atom stereocenters. The highest BCUT2D eigenvalue weighted by molar-refractivity contribution is 7.48. The molecule has 0 amide bonds. The fraction of sp³-hybridized carbons (Fsp3) is 0.955. The molecule has 0 spiro atoms. The molecule has 30 heavy (non-hydrogen) atoms. The highest BCUT2D eigenvalue weighted by Crippen LogP contribution is 2.56. The van der Waals surface area contributed by atoms with Gasteiger partial charge in [0.15, 0.2) is 0 Å². The Morgan fingerprint density at radius 3 is 1.37 bits per heavy atom. The lowest BCUT2D eigenvalue weighted by molar-refractivity contribution is -0.00566. The molecule has 0 saturated carbocycles. The van der Waals surface area contributed by atoms with Gasteiger partial charge >= 0.3 is 14.0 Å². The molecule has 0 aromatic heterocycles. The summed E-state index contributed by atoms with van der Waals surface area (Å²) in [5, 5.41) is 0. The van der Waals surface area contributed by atoms with Crippen LogP contribution in [-0.2, 0) is 27.6 Å². The number of carbonyl (C=O) groups excluding carboxylic acids is 1. The zero-order chi connectivity index (χ0) is 24.6. The second-order valence-electron chi connectivity index (χ2n) is 12.0. The van der Waals surface area contributed by atoms with Crippen molar-refractivity contribution in [3.8, 4) is 0 Å². The summed E-state index contributed by atoms with van der Waals surface area (Å²) < 4.78 is 38.7. The Bertz CT molecular complexity index is 524. The van der Waals surface area contributed by atoms with E-state index in [4.69, 9.17) is 23.0 Å². The molecular weight excluding hydrogens is 407 g/mol. The lowest BCUT2D eigenvalue weighted by Gasteiger charge is -2.32. The number of phosphoric acid groups is 1. The average molecular weight is 455 g/mol. The molecule has 0 rings (SSSR count). The number of phosphoric ester groups is 1. The van der Waals surface area contributed by atoms with Crippen molar-refractivity contribution in [2.24, 2.45) is 10.8 Å². The average Bonchev–Trinajstić information content (AvgIpc) is 2.37. The van der Waals surface area contributed by atoms with Gasteiger partial charge in [0.1, 0.15) is 0 Å². The molecular formula is C22H47O7P. The highest BCUT2D eigenvalue weighted by atomic mass is 31.2. The van der Waals surface area contributed by atoms with Gasteiger partial charge < -0.3 is 9.47 Å². The normalized spacial score (nSPS) is 13.6. The van der Waals surface area contributed by atoms with Crippen molar-refractivity contribution in [3.63, 3.8) is 0 Å². The molecule has 0 heterocycles. The van der Waals surface area contributed by atoms with Crippen LogP contribution < -0.4 is 0 Å². The van der Waals surface area contributed by atoms with Gasteiger partial charge in [0, 0.05) is 0 Å². The van der Waals surface area contributed by atoms with Crippen LogP contribution in [0.2, 0.25) is 0 Å². The third kappa shape index (κ3) is 23.7. The molecule has 7 nitrogen and oxygen atoms in total. The van der Waals surface area contributed by atoms with Gasteiger partial charge in [-0.05, 0) is 66.2 Å². The molecule has 0 fully saturated rings. The summed E-state index contributed by atoms with van der Waals surface area (Å²) in [6, 6.07) is 0. The van der Waals surface area contributed by atoms with Crippen molar-refractivity contribution in [2.75, 3.05) is 13.2 Å². The second-order valence-corrected chi connectivity index (χ2v) is 13.5. The third-order valence-electron chi connectivity index (χ3n) is 2.38. The first-order valence-electron chi connectivity index (χ1n) is 10.4. The van der Waals surface area contributed by atoms with Crippen molar-refractivity contribution in [3.05, 3.63) is 0 Å². The van der Waals surface area contributed by atoms with Crippen LogP contribution >= 0.6 is 7.82 Å². The molecule has 0 aromatic carbocycles. The molecule has 0 saturated heterocycles. The Morgan fingerprint density at radius 1 is 0.733 bits per heavy atom. The highest BCUT2D eigenvalue weighted by Gasteiger charge is 2.38. The fourth-order valence-electron chi connectivity index (χ4n) is 1.52. The van der Waals surface area contributed by atoms with E-state index in [0.29, 0.717) is 13.2 Å². The maximum atomic E-state index is 12.6. The van der Waals surface area contributed by atoms with Crippen molar-refractivity contribution in [1.82, 2.24) is 0 Å². The monoisotopic (exact) mass is 454 g/mol. The van der Waals surface area contributed by atoms with Gasteiger partial charge in [-0.25, -0.2) is 9.36 Å². The molecule has 0 aromatic rings. The zero-order valence-electron chi connectivity index (χ0n) is 21.8. The Balaban J connectivity index is 0. The molecule has 8 heteroatoms. The summed E-state index contributed by atoms with van der Waals surface area (Å²) in [7, 11) is -3.56. The maximum absolute atomic E-state index is 12.6. The number of rotatable bonds is 6. The van der Waals surface area contributed by atoms with Gasteiger partial charge in [-0.3, -0.25) is 13.6 Å². The van der Waals surface area contributed by atoms with Crippen molar-refractivity contribution < 1.29 is 32.4 Å². The zero-order valence-corrected chi connectivity index (χ0v) is 22.7. The van der Waals surface area contributed by atoms with Crippen LogP contribution in [0.25, 0.3) is 0 Å². The fourth-order valence-corrected chi connectivity index (χ4v) is 3.55. The van der Waals surface area contributed by atoms with Crippen LogP contribution in [0.4, 0.5) is 4.79 Å². The molecule has 0 aliphatic carbocycles. The Labute approximate surface area is 185 Å². The smallest absolute Gasteiger partial charge is 0.434 e. The van der Waals surface area contributed by atoms with Crippen LogP contribution in [0.5, 0.6) is 0 Å². The Morgan fingerprint density at radius 2 is 1.10 bits per heavy atom. The first-order valence-corrected chi connectivity index (χ1v) is 11.9. The standard InChI is InChI=1S/C13H29O4P.C9H18O3/c1-11(2,3)10-15-18(14,16-12(4,5)6)17-13(7,8)9;1-7(2)12-8(10)11-6-9(3,4)5/h10H2,1-9H3;7H,6H2,1-5H3. The minimum atomic E-state index is -3.56. The summed E-state index contributed by atoms with van der Waals surface area (Å²) in [5.41, 5.74) is -1.27. The first kappa shape index (κ1) is 31.6. The summed E-state index contributed by atoms with van der Waals surface area (Å²) in [6.45, 7) is 27.2. The van der Waals surface area contributed by atoms with Crippen molar-refractivity contribution >= 4 is 14.0 Å². The molecule has 0 N–H and O–H groups in total. The van der Waals surface area contributed by atoms with Crippen LogP contribution in [0.15, 0.2) is 0 Å². The second kappa shape index (κ2) is 11.8. The minimum Gasteiger partial charge on any atom is -0.434 e. The number of hydrogen-bond donors (Lipinski definition) is 0. The van der Waals surface area contributed by atoms with E-state index >= 15 is 0 Å². The first-order chi connectivity index (χ1) is 12.9. The Hall–Kier alpha value is -0.620. The lowest BCUT2D eigenvalue weighted by Crippen LogP contribution is -2.26. The SMILES string of the molecule is CC(C)(C)COP(=O)(OC(C)(C)C)OC(C)(C)C.CC(C)OC(=O)OCC(C)(C)C. The van der Waals surface area contributed by atoms with Crippen LogP contribution in [0, 0.1) is 10.8 Å². The molecule has 0 radical (unpaired) electrons. The number of carbonyl (C=O) groups is 1. The predicted molar refractivity (Wildman–Crippen MR) is 122 cm³/mol. The molecule has 0 aliphatic heterocycles. The van der Waals surface area contributed by atoms with E-state index < -0.39 is 25.2 Å². The summed E-state index contributed by atoms with van der Waals surface area (Å²) in [4.78, 5) is 10.9. The van der Waals surface area contributed by atoms with E-state index in [0.717, 1.165) is 0 Å². The molecule has 0 aliphatic rings. The summed E-state index contributed by atoms with van der Waals surface area (Å²) >= 11 is 0. The van der Waals surface area contributed by atoms with E-state index in [-0.39, 0.29) is 16.9 Å². The predicted octanol–water partition coefficient (Wildman–Crippen LogP) is 7.38. The van der Waals surface area contributed by atoms with Gasteiger partial charge in [-0.15, -0.1) is 0 Å². The molecule has 182 valence electrons. The maximum Gasteiger partial charge on any atom is 0.508 e. The van der Waals surface area contributed by atoms with Crippen molar-refractivity contribution in [1.29, 1.82) is 0 Å². The molecule has 0 atom stereocenters. The third-order valence-corrected chi connectivity index (χ3v) is 4.37. The van der Waals surface area contributed by atoms with E-state index in [1.165, 1.54) is 0 Å². The lowest BCUT2D eigenvalue weighted by atomic mass is 9.99. The largest absolute Gasteiger partial charge is 0.508 e. The number of hydrogen-bond acceptors (Lipinski definition) is 7. The minimum absolute atomic E-state index is 0.00397. The summed E-state index contributed by atoms with van der Waals surface area (Å²) in [6.07, 6.45) is -0.697. The van der Waals surface area contributed by atoms with Crippen molar-refractivity contribution in [2.45, 2.75) is 114 Å². The van der Waals surface area contributed by atoms with Gasteiger partial charge in [0.2, 0.25) is 0 Å². The van der Waals surface area contributed by atoms with E-state index in [1.807, 2.05) is 83.1 Å². The van der Waals surface area contributed by atoms with E-state index in [9.17, 15) is 9.36 Å².